The Labute approximate surface area is 164 Å². The van der Waals surface area contributed by atoms with Gasteiger partial charge < -0.3 is 5.32 Å². The van der Waals surface area contributed by atoms with Crippen LogP contribution < -0.4 is 5.32 Å². The maximum Gasteiger partial charge on any atom is 0.0542 e. The fourth-order valence-electron chi connectivity index (χ4n) is 3.61. The van der Waals surface area contributed by atoms with Crippen molar-refractivity contribution in [2.75, 3.05) is 11.9 Å². The van der Waals surface area contributed by atoms with Crippen molar-refractivity contribution in [3.63, 3.8) is 0 Å². The number of hydrogen-bond donors (Lipinski definition) is 1. The molecule has 4 rings (SSSR count). The first-order valence-corrected chi connectivity index (χ1v) is 11.5. The molecule has 2 aromatic carbocycles. The van der Waals surface area contributed by atoms with Crippen molar-refractivity contribution in [2.24, 2.45) is 0 Å². The molecule has 4 aromatic rings. The maximum atomic E-state index is 3.62. The number of benzene rings is 2. The minimum absolute atomic E-state index is 1.08. The fraction of sp³-hybridized carbons (Fsp3) is 0.391. The molecular weight excluding hydrogens is 354 g/mol. The van der Waals surface area contributed by atoms with Crippen molar-refractivity contribution in [1.29, 1.82) is 0 Å². The number of nitrogens with one attached hydrogen (secondary N) is 1. The van der Waals surface area contributed by atoms with Crippen LogP contribution in [0.25, 0.3) is 29.6 Å². The van der Waals surface area contributed by atoms with Gasteiger partial charge in [0.2, 0.25) is 0 Å². The minimum atomic E-state index is 1.08. The Morgan fingerprint density at radius 2 is 1.42 bits per heavy atom. The van der Waals surface area contributed by atoms with Crippen LogP contribution in [0.5, 0.6) is 0 Å². The summed E-state index contributed by atoms with van der Waals surface area (Å²) in [5.74, 6) is 0. The second kappa shape index (κ2) is 7.98. The van der Waals surface area contributed by atoms with Crippen molar-refractivity contribution in [1.82, 2.24) is 0 Å². The molecule has 3 heteroatoms. The Kier molecular flexibility index (Phi) is 5.46. The monoisotopic (exact) mass is 381 g/mol. The number of thiophene rings is 2. The normalized spacial score (nSPS) is 11.8. The summed E-state index contributed by atoms with van der Waals surface area (Å²) >= 11 is 3.88. The summed E-state index contributed by atoms with van der Waals surface area (Å²) in [6, 6.07) is 13.7. The Hall–Kier alpha value is -1.58. The largest absolute Gasteiger partial charge is 0.385 e. The third-order valence-electron chi connectivity index (χ3n) is 5.10. The van der Waals surface area contributed by atoms with Crippen LogP contribution in [0.3, 0.4) is 0 Å². The van der Waals surface area contributed by atoms with Crippen LogP contribution in [0.1, 0.15) is 51.0 Å². The van der Waals surface area contributed by atoms with Crippen molar-refractivity contribution in [3.8, 4) is 0 Å². The van der Waals surface area contributed by atoms with Gasteiger partial charge in [0.1, 0.15) is 0 Å². The van der Waals surface area contributed by atoms with E-state index in [9.17, 15) is 0 Å². The van der Waals surface area contributed by atoms with E-state index >= 15 is 0 Å². The lowest BCUT2D eigenvalue weighted by Crippen LogP contribution is -2.00. The smallest absolute Gasteiger partial charge is 0.0542 e. The predicted molar refractivity (Wildman–Crippen MR) is 121 cm³/mol. The molecular formula is C23H27NS2. The first-order chi connectivity index (χ1) is 12.8. The number of fused-ring (bicyclic) bond motifs is 5. The summed E-state index contributed by atoms with van der Waals surface area (Å²) in [4.78, 5) is 0. The molecule has 0 unspecified atom stereocenters. The Balaban J connectivity index is 1.48. The van der Waals surface area contributed by atoms with Crippen LogP contribution in [0.15, 0.2) is 36.4 Å². The molecule has 0 atom stereocenters. The molecule has 0 saturated carbocycles. The lowest BCUT2D eigenvalue weighted by atomic mass is 10.1. The van der Waals surface area contributed by atoms with E-state index in [1.54, 1.807) is 0 Å². The molecule has 0 bridgehead atoms. The first kappa shape index (κ1) is 17.8. The maximum absolute atomic E-state index is 3.62. The Morgan fingerprint density at radius 3 is 2.19 bits per heavy atom. The number of unbranched alkanes of at least 4 members (excludes halogenated alkanes) is 5. The zero-order valence-corrected chi connectivity index (χ0v) is 17.4. The van der Waals surface area contributed by atoms with Gasteiger partial charge in [-0.25, -0.2) is 0 Å². The van der Waals surface area contributed by atoms with Gasteiger partial charge in [0, 0.05) is 32.4 Å². The second-order valence-corrected chi connectivity index (χ2v) is 9.37. The zero-order chi connectivity index (χ0) is 17.9. The number of anilines is 1. The van der Waals surface area contributed by atoms with Gasteiger partial charge in [-0.15, -0.1) is 22.7 Å². The van der Waals surface area contributed by atoms with E-state index in [0.29, 0.717) is 0 Å². The summed E-state index contributed by atoms with van der Waals surface area (Å²) in [6.07, 6.45) is 8.09. The SMILES string of the molecule is CCCCCCCCNc1ccc2c(c1)sc1c3ccc(C)cc3sc21. The van der Waals surface area contributed by atoms with E-state index in [2.05, 4.69) is 55.6 Å². The highest BCUT2D eigenvalue weighted by atomic mass is 32.1. The summed E-state index contributed by atoms with van der Waals surface area (Å²) in [5, 5.41) is 6.45. The summed E-state index contributed by atoms with van der Waals surface area (Å²) in [6.45, 7) is 5.53. The van der Waals surface area contributed by atoms with Gasteiger partial charge in [-0.05, 0) is 37.1 Å². The van der Waals surface area contributed by atoms with Gasteiger partial charge in [-0.2, -0.15) is 0 Å². The average Bonchev–Trinajstić information content (AvgIpc) is 3.15. The molecule has 0 aliphatic rings. The summed E-state index contributed by atoms with van der Waals surface area (Å²) in [5.41, 5.74) is 2.61. The van der Waals surface area contributed by atoms with Crippen LogP contribution in [0.2, 0.25) is 0 Å². The third-order valence-corrected chi connectivity index (χ3v) is 7.60. The quantitative estimate of drug-likeness (QED) is 0.302. The molecule has 0 aliphatic carbocycles. The van der Waals surface area contributed by atoms with Crippen molar-refractivity contribution in [2.45, 2.75) is 52.4 Å². The van der Waals surface area contributed by atoms with Crippen molar-refractivity contribution < 1.29 is 0 Å². The van der Waals surface area contributed by atoms with Crippen LogP contribution in [-0.2, 0) is 0 Å². The molecule has 0 amide bonds. The van der Waals surface area contributed by atoms with Crippen molar-refractivity contribution in [3.05, 3.63) is 42.0 Å². The van der Waals surface area contributed by atoms with E-state index in [0.717, 1.165) is 6.54 Å². The lowest BCUT2D eigenvalue weighted by Gasteiger charge is -2.06. The molecule has 0 aliphatic heterocycles. The van der Waals surface area contributed by atoms with Gasteiger partial charge in [0.05, 0.1) is 9.40 Å². The number of hydrogen-bond acceptors (Lipinski definition) is 3. The summed E-state index contributed by atoms with van der Waals surface area (Å²) < 4.78 is 5.72. The van der Waals surface area contributed by atoms with E-state index in [1.165, 1.54) is 79.3 Å². The highest BCUT2D eigenvalue weighted by molar-refractivity contribution is 7.36. The molecule has 26 heavy (non-hydrogen) atoms. The third kappa shape index (κ3) is 3.60. The number of rotatable bonds is 8. The number of aryl methyl sites for hydroxylation is 1. The first-order valence-electron chi connectivity index (χ1n) is 9.85. The highest BCUT2D eigenvalue weighted by Gasteiger charge is 2.12. The molecule has 2 aromatic heterocycles. The lowest BCUT2D eigenvalue weighted by molar-refractivity contribution is 0.617. The van der Waals surface area contributed by atoms with E-state index in [1.807, 2.05) is 22.7 Å². The van der Waals surface area contributed by atoms with Crippen LogP contribution in [-0.4, -0.2) is 6.54 Å². The molecule has 0 radical (unpaired) electrons. The van der Waals surface area contributed by atoms with Gasteiger partial charge >= 0.3 is 0 Å². The van der Waals surface area contributed by atoms with E-state index in [-0.39, 0.29) is 0 Å². The Bertz CT molecular complexity index is 1020. The molecule has 1 nitrogen and oxygen atoms in total. The van der Waals surface area contributed by atoms with Gasteiger partial charge in [0.15, 0.2) is 0 Å². The van der Waals surface area contributed by atoms with Crippen LogP contribution >= 0.6 is 22.7 Å². The molecule has 0 saturated heterocycles. The molecule has 0 spiro atoms. The standard InChI is InChI=1S/C23H27NS2/c1-3-4-5-6-7-8-13-24-17-10-12-19-21(15-17)26-22-18-11-9-16(2)14-20(18)25-23(19)22/h9-12,14-15,24H,3-8,13H2,1-2H3. The fourth-order valence-corrected chi connectivity index (χ4v) is 6.40. The Morgan fingerprint density at radius 1 is 0.769 bits per heavy atom. The zero-order valence-electron chi connectivity index (χ0n) is 15.7. The van der Waals surface area contributed by atoms with Crippen molar-refractivity contribution >= 4 is 57.9 Å². The highest BCUT2D eigenvalue weighted by Crippen LogP contribution is 2.44. The topological polar surface area (TPSA) is 12.0 Å². The summed E-state index contributed by atoms with van der Waals surface area (Å²) in [7, 11) is 0. The van der Waals surface area contributed by atoms with Crippen LogP contribution in [0, 0.1) is 6.92 Å². The molecule has 2 heterocycles. The van der Waals surface area contributed by atoms with E-state index in [4.69, 9.17) is 0 Å². The minimum Gasteiger partial charge on any atom is -0.385 e. The second-order valence-electron chi connectivity index (χ2n) is 7.27. The van der Waals surface area contributed by atoms with Gasteiger partial charge in [0.25, 0.3) is 0 Å². The van der Waals surface area contributed by atoms with Crippen LogP contribution in [0.4, 0.5) is 5.69 Å². The average molecular weight is 382 g/mol. The molecule has 1 N–H and O–H groups in total. The molecule has 136 valence electrons. The van der Waals surface area contributed by atoms with Gasteiger partial charge in [-0.3, -0.25) is 0 Å². The van der Waals surface area contributed by atoms with Gasteiger partial charge in [-0.1, -0.05) is 57.2 Å². The predicted octanol–water partition coefficient (Wildman–Crippen LogP) is 8.35. The molecule has 0 fully saturated rings. The van der Waals surface area contributed by atoms with E-state index < -0.39 is 0 Å².